The average Bonchev–Trinajstić information content (AvgIpc) is 2.73. The van der Waals surface area contributed by atoms with Crippen LogP contribution >= 0.6 is 0 Å². The number of aromatic amines is 1. The number of nitrogens with one attached hydrogen (secondary N) is 2. The van der Waals surface area contributed by atoms with Gasteiger partial charge in [-0.1, -0.05) is 32.0 Å². The van der Waals surface area contributed by atoms with Gasteiger partial charge in [-0.15, -0.1) is 0 Å². The third-order valence-corrected chi connectivity index (χ3v) is 3.09. The zero-order valence-electron chi connectivity index (χ0n) is 10.2. The summed E-state index contributed by atoms with van der Waals surface area (Å²) in [5, 5.41) is 13.0. The van der Waals surface area contributed by atoms with Crippen molar-refractivity contribution in [3.63, 3.8) is 0 Å². The van der Waals surface area contributed by atoms with Crippen molar-refractivity contribution in [3.05, 3.63) is 36.0 Å². The summed E-state index contributed by atoms with van der Waals surface area (Å²) in [4.78, 5) is 3.29. The summed E-state index contributed by atoms with van der Waals surface area (Å²) in [6.07, 6.45) is 2.07. The summed E-state index contributed by atoms with van der Waals surface area (Å²) in [7, 11) is 0. The van der Waals surface area contributed by atoms with E-state index in [1.807, 2.05) is 6.07 Å². The smallest absolute Gasteiger partial charge is 0.0841 e. The number of rotatable bonds is 4. The molecule has 2 aromatic rings. The second-order valence-electron chi connectivity index (χ2n) is 4.89. The van der Waals surface area contributed by atoms with E-state index < -0.39 is 0 Å². The fraction of sp³-hybridized carbons (Fsp3) is 0.357. The Labute approximate surface area is 101 Å². The fourth-order valence-electron chi connectivity index (χ4n) is 2.16. The molecule has 3 heteroatoms. The molecule has 0 saturated heterocycles. The molecular weight excluding hydrogens is 210 g/mol. The van der Waals surface area contributed by atoms with Crippen LogP contribution in [0.1, 0.15) is 19.4 Å². The van der Waals surface area contributed by atoms with Crippen molar-refractivity contribution in [2.24, 2.45) is 0 Å². The van der Waals surface area contributed by atoms with E-state index in [1.54, 1.807) is 0 Å². The van der Waals surface area contributed by atoms with Gasteiger partial charge >= 0.3 is 0 Å². The van der Waals surface area contributed by atoms with E-state index in [2.05, 4.69) is 54.6 Å². The first kappa shape index (κ1) is 11.7. The normalized spacial score (nSPS) is 11.6. The van der Waals surface area contributed by atoms with Crippen LogP contribution in [0, 0.1) is 11.3 Å². The number of para-hydroxylation sites is 1. The highest BCUT2D eigenvalue weighted by Gasteiger charge is 2.23. The van der Waals surface area contributed by atoms with Gasteiger partial charge in [0.2, 0.25) is 0 Å². The summed E-state index contributed by atoms with van der Waals surface area (Å²) in [6.45, 7) is 5.56. The van der Waals surface area contributed by atoms with Gasteiger partial charge in [0.15, 0.2) is 0 Å². The fourth-order valence-corrected chi connectivity index (χ4v) is 2.16. The first-order valence-corrected chi connectivity index (χ1v) is 5.79. The Morgan fingerprint density at radius 3 is 2.88 bits per heavy atom. The number of nitrogens with zero attached hydrogens (tertiary/aromatic N) is 1. The molecule has 3 nitrogen and oxygen atoms in total. The molecule has 0 amide bonds. The molecule has 0 unspecified atom stereocenters. The SMILES string of the molecule is CC(C)(CNCC#N)c1c[nH]c2ccccc12. The van der Waals surface area contributed by atoms with E-state index in [0.29, 0.717) is 6.54 Å². The molecule has 0 spiro atoms. The third kappa shape index (κ3) is 2.32. The molecule has 0 atom stereocenters. The van der Waals surface area contributed by atoms with E-state index in [4.69, 9.17) is 5.26 Å². The standard InChI is InChI=1S/C14H17N3/c1-14(2,10-16-8-7-15)12-9-17-13-6-4-3-5-11(12)13/h3-6,9,16-17H,8,10H2,1-2H3. The Morgan fingerprint density at radius 1 is 1.35 bits per heavy atom. The highest BCUT2D eigenvalue weighted by Crippen LogP contribution is 2.29. The van der Waals surface area contributed by atoms with E-state index in [1.165, 1.54) is 10.9 Å². The van der Waals surface area contributed by atoms with E-state index in [-0.39, 0.29) is 5.41 Å². The minimum atomic E-state index is 0.0104. The lowest BCUT2D eigenvalue weighted by Gasteiger charge is -2.24. The molecule has 17 heavy (non-hydrogen) atoms. The summed E-state index contributed by atoms with van der Waals surface area (Å²) < 4.78 is 0. The molecule has 0 saturated carbocycles. The number of hydrogen-bond donors (Lipinski definition) is 2. The molecule has 88 valence electrons. The van der Waals surface area contributed by atoms with Crippen LogP contribution < -0.4 is 5.32 Å². The van der Waals surface area contributed by atoms with Crippen LogP contribution in [-0.4, -0.2) is 18.1 Å². The van der Waals surface area contributed by atoms with Gasteiger partial charge < -0.3 is 10.3 Å². The van der Waals surface area contributed by atoms with Crippen LogP contribution in [0.3, 0.4) is 0 Å². The zero-order valence-corrected chi connectivity index (χ0v) is 10.2. The second-order valence-corrected chi connectivity index (χ2v) is 4.89. The first-order chi connectivity index (χ1) is 8.15. The van der Waals surface area contributed by atoms with Crippen molar-refractivity contribution in [1.29, 1.82) is 5.26 Å². The van der Waals surface area contributed by atoms with Crippen molar-refractivity contribution >= 4 is 10.9 Å². The third-order valence-electron chi connectivity index (χ3n) is 3.09. The number of aromatic nitrogens is 1. The van der Waals surface area contributed by atoms with Gasteiger partial charge in [0, 0.05) is 29.1 Å². The van der Waals surface area contributed by atoms with Gasteiger partial charge in [-0.3, -0.25) is 0 Å². The Hall–Kier alpha value is -1.79. The van der Waals surface area contributed by atoms with E-state index in [9.17, 15) is 0 Å². The molecule has 1 aromatic carbocycles. The molecule has 2 rings (SSSR count). The van der Waals surface area contributed by atoms with E-state index >= 15 is 0 Å². The lowest BCUT2D eigenvalue weighted by atomic mass is 9.84. The molecule has 0 radical (unpaired) electrons. The maximum Gasteiger partial charge on any atom is 0.0841 e. The zero-order chi connectivity index (χ0) is 12.3. The number of hydrogen-bond acceptors (Lipinski definition) is 2. The number of H-pyrrole nitrogens is 1. The largest absolute Gasteiger partial charge is 0.361 e. The van der Waals surface area contributed by atoms with Gasteiger partial charge in [0.05, 0.1) is 12.6 Å². The van der Waals surface area contributed by atoms with Crippen LogP contribution in [-0.2, 0) is 5.41 Å². The molecule has 0 fully saturated rings. The predicted molar refractivity (Wildman–Crippen MR) is 69.8 cm³/mol. The molecule has 2 N–H and O–H groups in total. The predicted octanol–water partition coefficient (Wildman–Crippen LogP) is 2.56. The van der Waals surface area contributed by atoms with Crippen molar-refractivity contribution in [2.45, 2.75) is 19.3 Å². The Kier molecular flexibility index (Phi) is 3.16. The van der Waals surface area contributed by atoms with Crippen LogP contribution in [0.5, 0.6) is 0 Å². The van der Waals surface area contributed by atoms with Gasteiger partial charge in [0.1, 0.15) is 0 Å². The van der Waals surface area contributed by atoms with Crippen molar-refractivity contribution in [3.8, 4) is 6.07 Å². The Morgan fingerprint density at radius 2 is 2.12 bits per heavy atom. The first-order valence-electron chi connectivity index (χ1n) is 5.79. The summed E-state index contributed by atoms with van der Waals surface area (Å²) >= 11 is 0. The maximum absolute atomic E-state index is 8.55. The van der Waals surface area contributed by atoms with Crippen LogP contribution in [0.25, 0.3) is 10.9 Å². The highest BCUT2D eigenvalue weighted by molar-refractivity contribution is 5.84. The summed E-state index contributed by atoms with van der Waals surface area (Å²) in [5.41, 5.74) is 2.46. The van der Waals surface area contributed by atoms with Crippen LogP contribution in [0.15, 0.2) is 30.5 Å². The minimum Gasteiger partial charge on any atom is -0.361 e. The lowest BCUT2D eigenvalue weighted by Crippen LogP contribution is -2.32. The number of benzene rings is 1. The lowest BCUT2D eigenvalue weighted by molar-refractivity contribution is 0.488. The monoisotopic (exact) mass is 227 g/mol. The average molecular weight is 227 g/mol. The number of nitriles is 1. The van der Waals surface area contributed by atoms with Crippen molar-refractivity contribution in [2.75, 3.05) is 13.1 Å². The molecule has 0 aliphatic carbocycles. The molecule has 0 aliphatic rings. The molecule has 1 heterocycles. The highest BCUT2D eigenvalue weighted by atomic mass is 14.9. The summed E-state index contributed by atoms with van der Waals surface area (Å²) in [6, 6.07) is 10.4. The quantitative estimate of drug-likeness (QED) is 0.623. The van der Waals surface area contributed by atoms with Crippen molar-refractivity contribution < 1.29 is 0 Å². The van der Waals surface area contributed by atoms with Gasteiger partial charge in [-0.25, -0.2) is 0 Å². The van der Waals surface area contributed by atoms with Crippen LogP contribution in [0.4, 0.5) is 0 Å². The molecule has 0 bridgehead atoms. The number of fused-ring (bicyclic) bond motifs is 1. The Bertz CT molecular complexity index is 546. The Balaban J connectivity index is 2.29. The van der Waals surface area contributed by atoms with E-state index in [0.717, 1.165) is 12.1 Å². The van der Waals surface area contributed by atoms with Crippen molar-refractivity contribution in [1.82, 2.24) is 10.3 Å². The van der Waals surface area contributed by atoms with Crippen LogP contribution in [0.2, 0.25) is 0 Å². The second kappa shape index (κ2) is 4.60. The maximum atomic E-state index is 8.55. The van der Waals surface area contributed by atoms with Gasteiger partial charge in [-0.2, -0.15) is 5.26 Å². The topological polar surface area (TPSA) is 51.6 Å². The molecule has 1 aromatic heterocycles. The van der Waals surface area contributed by atoms with Gasteiger partial charge in [-0.05, 0) is 11.6 Å². The molecule has 0 aliphatic heterocycles. The summed E-state index contributed by atoms with van der Waals surface area (Å²) in [5.74, 6) is 0. The minimum absolute atomic E-state index is 0.0104. The van der Waals surface area contributed by atoms with Gasteiger partial charge in [0.25, 0.3) is 0 Å². The molecular formula is C14H17N3.